The molecule has 0 radical (unpaired) electrons. The number of benzene rings is 1. The van der Waals surface area contributed by atoms with Crippen molar-refractivity contribution in [1.82, 2.24) is 4.98 Å². The normalized spacial score (nSPS) is 12.4. The van der Waals surface area contributed by atoms with E-state index in [2.05, 4.69) is 18.8 Å². The maximum atomic E-state index is 11.8. The van der Waals surface area contributed by atoms with E-state index in [4.69, 9.17) is 21.1 Å². The van der Waals surface area contributed by atoms with Gasteiger partial charge in [-0.3, -0.25) is 4.98 Å². The average molecular weight is 322 g/mol. The lowest BCUT2D eigenvalue weighted by Gasteiger charge is -2.15. The van der Waals surface area contributed by atoms with Crippen LogP contribution >= 0.6 is 11.6 Å². The van der Waals surface area contributed by atoms with Gasteiger partial charge in [-0.15, -0.1) is 0 Å². The predicted molar refractivity (Wildman–Crippen MR) is 87.3 cm³/mol. The Balaban J connectivity index is 2.00. The van der Waals surface area contributed by atoms with Crippen LogP contribution in [0.15, 0.2) is 30.5 Å². The van der Waals surface area contributed by atoms with Crippen LogP contribution in [0.1, 0.15) is 27.2 Å². The summed E-state index contributed by atoms with van der Waals surface area (Å²) in [5.41, 5.74) is 0.637. The highest BCUT2D eigenvalue weighted by molar-refractivity contribution is 6.35. The summed E-state index contributed by atoms with van der Waals surface area (Å²) in [6, 6.07) is 7.11. The average Bonchev–Trinajstić information content (AvgIpc) is 2.46. The summed E-state index contributed by atoms with van der Waals surface area (Å²) in [4.78, 5) is 16.1. The van der Waals surface area contributed by atoms with Crippen molar-refractivity contribution >= 4 is 28.5 Å². The molecule has 118 valence electrons. The van der Waals surface area contributed by atoms with Crippen molar-refractivity contribution in [3.05, 3.63) is 35.5 Å². The van der Waals surface area contributed by atoms with E-state index < -0.39 is 0 Å². The predicted octanol–water partition coefficient (Wildman–Crippen LogP) is 4.24. The van der Waals surface area contributed by atoms with Crippen LogP contribution in [0.4, 0.5) is 0 Å². The van der Waals surface area contributed by atoms with Gasteiger partial charge < -0.3 is 9.47 Å². The lowest BCUT2D eigenvalue weighted by molar-refractivity contribution is -0.151. The van der Waals surface area contributed by atoms with Gasteiger partial charge in [0.2, 0.25) is 0 Å². The first-order valence-electron chi connectivity index (χ1n) is 7.33. The summed E-state index contributed by atoms with van der Waals surface area (Å²) in [6.45, 7) is 5.92. The molecule has 0 amide bonds. The third kappa shape index (κ3) is 4.34. The molecule has 5 heteroatoms. The molecule has 0 N–H and O–H groups in total. The Morgan fingerprint density at radius 3 is 2.77 bits per heavy atom. The molecule has 0 spiro atoms. The number of esters is 1. The van der Waals surface area contributed by atoms with Gasteiger partial charge in [-0.05, 0) is 43.5 Å². The van der Waals surface area contributed by atoms with E-state index in [0.29, 0.717) is 22.2 Å². The topological polar surface area (TPSA) is 48.4 Å². The molecule has 0 aliphatic heterocycles. The van der Waals surface area contributed by atoms with Crippen molar-refractivity contribution in [3.63, 3.8) is 0 Å². The lowest BCUT2D eigenvalue weighted by Crippen LogP contribution is -2.22. The zero-order valence-electron chi connectivity index (χ0n) is 13.0. The molecule has 1 atom stereocenters. The smallest absolute Gasteiger partial charge is 0.344 e. The molecular weight excluding hydrogens is 302 g/mol. The fourth-order valence-electron chi connectivity index (χ4n) is 2.34. The van der Waals surface area contributed by atoms with Crippen molar-refractivity contribution < 1.29 is 14.3 Å². The van der Waals surface area contributed by atoms with Crippen molar-refractivity contribution in [2.75, 3.05) is 6.61 Å². The zero-order valence-corrected chi connectivity index (χ0v) is 13.8. The maximum absolute atomic E-state index is 11.8. The highest BCUT2D eigenvalue weighted by atomic mass is 35.5. The number of nitrogens with zero attached hydrogens (tertiary/aromatic N) is 1. The number of hydrogen-bond donors (Lipinski definition) is 0. The molecule has 0 unspecified atom stereocenters. The Morgan fingerprint density at radius 1 is 1.27 bits per heavy atom. The third-order valence-electron chi connectivity index (χ3n) is 3.16. The molecule has 0 fully saturated rings. The minimum absolute atomic E-state index is 0.115. The van der Waals surface area contributed by atoms with Crippen LogP contribution in [0, 0.1) is 5.92 Å². The minimum atomic E-state index is -0.382. The number of carbonyl (C=O) groups excluding carboxylic acids is 1. The summed E-state index contributed by atoms with van der Waals surface area (Å²) in [7, 11) is 0. The summed E-state index contributed by atoms with van der Waals surface area (Å²) >= 11 is 6.12. The van der Waals surface area contributed by atoms with E-state index in [1.165, 1.54) is 0 Å². The molecule has 1 aromatic heterocycles. The number of ether oxygens (including phenoxy) is 2. The number of hydrogen-bond acceptors (Lipinski definition) is 4. The summed E-state index contributed by atoms with van der Waals surface area (Å²) in [5.74, 6) is 0.619. The zero-order chi connectivity index (χ0) is 16.1. The molecule has 0 saturated heterocycles. The standard InChI is InChI=1S/C17H20ClNO3/c1-11(2)9-12(3)22-16(20)10-21-15-7-6-14(18)13-5-4-8-19-17(13)15/h4-8,11-12H,9-10H2,1-3H3/t12-/m1/s1. The number of rotatable bonds is 6. The quantitative estimate of drug-likeness (QED) is 0.746. The number of aromatic nitrogens is 1. The maximum Gasteiger partial charge on any atom is 0.344 e. The molecule has 1 heterocycles. The van der Waals surface area contributed by atoms with Gasteiger partial charge >= 0.3 is 5.97 Å². The Labute approximate surface area is 135 Å². The Kier molecular flexibility index (Phi) is 5.61. The van der Waals surface area contributed by atoms with Gasteiger partial charge in [0.1, 0.15) is 11.3 Å². The molecule has 2 rings (SSSR count). The minimum Gasteiger partial charge on any atom is -0.480 e. The molecule has 2 aromatic rings. The van der Waals surface area contributed by atoms with Crippen molar-refractivity contribution in [2.45, 2.75) is 33.3 Å². The molecule has 1 aromatic carbocycles. The second-order valence-corrected chi connectivity index (χ2v) is 6.07. The van der Waals surface area contributed by atoms with Gasteiger partial charge in [0.15, 0.2) is 6.61 Å². The largest absolute Gasteiger partial charge is 0.480 e. The first kappa shape index (κ1) is 16.6. The van der Waals surface area contributed by atoms with Gasteiger partial charge in [-0.25, -0.2) is 4.79 Å². The highest BCUT2D eigenvalue weighted by Crippen LogP contribution is 2.29. The van der Waals surface area contributed by atoms with E-state index in [1.54, 1.807) is 24.4 Å². The Hall–Kier alpha value is -1.81. The number of carbonyl (C=O) groups is 1. The molecular formula is C17H20ClNO3. The second-order valence-electron chi connectivity index (χ2n) is 5.66. The van der Waals surface area contributed by atoms with Crippen LogP contribution in [0.25, 0.3) is 10.9 Å². The van der Waals surface area contributed by atoms with Crippen LogP contribution in [-0.4, -0.2) is 23.7 Å². The fourth-order valence-corrected chi connectivity index (χ4v) is 2.55. The molecule has 4 nitrogen and oxygen atoms in total. The molecule has 0 saturated carbocycles. The summed E-state index contributed by atoms with van der Waals surface area (Å²) < 4.78 is 10.9. The first-order chi connectivity index (χ1) is 10.5. The second kappa shape index (κ2) is 7.45. The number of fused-ring (bicyclic) bond motifs is 1. The van der Waals surface area contributed by atoms with Crippen LogP contribution in [0.2, 0.25) is 5.02 Å². The van der Waals surface area contributed by atoms with E-state index in [1.807, 2.05) is 13.0 Å². The number of halogens is 1. The van der Waals surface area contributed by atoms with Crippen molar-refractivity contribution in [3.8, 4) is 5.75 Å². The lowest BCUT2D eigenvalue weighted by atomic mass is 10.1. The first-order valence-corrected chi connectivity index (χ1v) is 7.70. The van der Waals surface area contributed by atoms with E-state index in [0.717, 1.165) is 11.8 Å². The van der Waals surface area contributed by atoms with E-state index >= 15 is 0 Å². The van der Waals surface area contributed by atoms with Crippen LogP contribution < -0.4 is 4.74 Å². The third-order valence-corrected chi connectivity index (χ3v) is 3.49. The molecule has 22 heavy (non-hydrogen) atoms. The van der Waals surface area contributed by atoms with Crippen LogP contribution in [0.3, 0.4) is 0 Å². The number of pyridine rings is 1. The summed E-state index contributed by atoms with van der Waals surface area (Å²) in [6.07, 6.45) is 2.38. The van der Waals surface area contributed by atoms with E-state index in [-0.39, 0.29) is 18.7 Å². The molecule has 0 bridgehead atoms. The molecule has 0 aliphatic rings. The van der Waals surface area contributed by atoms with E-state index in [9.17, 15) is 4.79 Å². The summed E-state index contributed by atoms with van der Waals surface area (Å²) in [5, 5.41) is 1.40. The fraction of sp³-hybridized carbons (Fsp3) is 0.412. The van der Waals surface area contributed by atoms with Crippen molar-refractivity contribution in [2.24, 2.45) is 5.92 Å². The monoisotopic (exact) mass is 321 g/mol. The van der Waals surface area contributed by atoms with Crippen LogP contribution in [-0.2, 0) is 9.53 Å². The molecule has 0 aliphatic carbocycles. The van der Waals surface area contributed by atoms with Crippen molar-refractivity contribution in [1.29, 1.82) is 0 Å². The van der Waals surface area contributed by atoms with Gasteiger partial charge in [0, 0.05) is 11.6 Å². The van der Waals surface area contributed by atoms with Gasteiger partial charge in [0.25, 0.3) is 0 Å². The van der Waals surface area contributed by atoms with Gasteiger partial charge in [-0.2, -0.15) is 0 Å². The van der Waals surface area contributed by atoms with Crippen LogP contribution in [0.5, 0.6) is 5.75 Å². The Morgan fingerprint density at radius 2 is 2.05 bits per heavy atom. The van der Waals surface area contributed by atoms with Gasteiger partial charge in [0.05, 0.1) is 11.1 Å². The SMILES string of the molecule is CC(C)C[C@@H](C)OC(=O)COc1ccc(Cl)c2cccnc12. The Bertz CT molecular complexity index is 657. The van der Waals surface area contributed by atoms with Gasteiger partial charge in [-0.1, -0.05) is 25.4 Å². The highest BCUT2D eigenvalue weighted by Gasteiger charge is 2.13.